The molecular formula is C23H25N5O2S. The zero-order chi connectivity index (χ0) is 21.6. The minimum atomic E-state index is -0.0776. The van der Waals surface area contributed by atoms with Crippen molar-refractivity contribution in [1.29, 1.82) is 0 Å². The monoisotopic (exact) mass is 435 g/mol. The summed E-state index contributed by atoms with van der Waals surface area (Å²) in [7, 11) is 0. The zero-order valence-electron chi connectivity index (χ0n) is 17.5. The maximum Gasteiger partial charge on any atom is 0.262 e. The Morgan fingerprint density at radius 2 is 1.81 bits per heavy atom. The predicted octanol–water partition coefficient (Wildman–Crippen LogP) is 3.64. The molecule has 0 fully saturated rings. The van der Waals surface area contributed by atoms with Crippen molar-refractivity contribution in [3.8, 4) is 0 Å². The Labute approximate surface area is 184 Å². The summed E-state index contributed by atoms with van der Waals surface area (Å²) in [4.78, 5) is 25.4. The van der Waals surface area contributed by atoms with Crippen molar-refractivity contribution in [2.24, 2.45) is 0 Å². The third-order valence-corrected chi connectivity index (χ3v) is 6.06. The molecule has 1 N–H and O–H groups in total. The Bertz CT molecular complexity index is 1250. The van der Waals surface area contributed by atoms with Crippen molar-refractivity contribution in [1.82, 2.24) is 24.5 Å². The molecule has 0 radical (unpaired) electrons. The molecule has 2 aromatic heterocycles. The van der Waals surface area contributed by atoms with Crippen molar-refractivity contribution < 1.29 is 4.79 Å². The molecule has 8 heteroatoms. The smallest absolute Gasteiger partial charge is 0.262 e. The van der Waals surface area contributed by atoms with E-state index in [0.717, 1.165) is 30.3 Å². The van der Waals surface area contributed by atoms with Gasteiger partial charge in [-0.05, 0) is 24.1 Å². The van der Waals surface area contributed by atoms with Crippen LogP contribution in [0.3, 0.4) is 0 Å². The van der Waals surface area contributed by atoms with Crippen LogP contribution >= 0.6 is 11.8 Å². The second kappa shape index (κ2) is 9.78. The molecule has 0 atom stereocenters. The molecule has 0 saturated heterocycles. The van der Waals surface area contributed by atoms with Gasteiger partial charge in [-0.1, -0.05) is 74.0 Å². The van der Waals surface area contributed by atoms with Gasteiger partial charge in [-0.25, -0.2) is 0 Å². The number of carbonyl (C=O) groups is 1. The number of aryl methyl sites for hydroxylation is 1. The molecule has 2 heterocycles. The van der Waals surface area contributed by atoms with Crippen molar-refractivity contribution in [2.75, 3.05) is 5.75 Å². The first-order valence-electron chi connectivity index (χ1n) is 10.5. The number of thioether (sulfide) groups is 1. The number of nitrogens with one attached hydrogen (secondary N) is 1. The first kappa shape index (κ1) is 21.1. The van der Waals surface area contributed by atoms with E-state index in [-0.39, 0.29) is 17.2 Å². The van der Waals surface area contributed by atoms with Crippen LogP contribution in [0, 0.1) is 0 Å². The molecule has 31 heavy (non-hydrogen) atoms. The topological polar surface area (TPSA) is 81.3 Å². The molecule has 0 bridgehead atoms. The zero-order valence-corrected chi connectivity index (χ0v) is 18.3. The lowest BCUT2D eigenvalue weighted by molar-refractivity contribution is -0.118. The molecular weight excluding hydrogens is 410 g/mol. The lowest BCUT2D eigenvalue weighted by Gasteiger charge is -2.11. The van der Waals surface area contributed by atoms with Crippen LogP contribution in [0.5, 0.6) is 0 Å². The molecule has 0 aliphatic heterocycles. The molecule has 2 aromatic carbocycles. The maximum absolute atomic E-state index is 13.0. The fourth-order valence-corrected chi connectivity index (χ4v) is 4.30. The minimum Gasteiger partial charge on any atom is -0.351 e. The predicted molar refractivity (Wildman–Crippen MR) is 123 cm³/mol. The first-order valence-corrected chi connectivity index (χ1v) is 11.5. The van der Waals surface area contributed by atoms with Gasteiger partial charge in [-0.2, -0.15) is 0 Å². The van der Waals surface area contributed by atoms with E-state index in [9.17, 15) is 9.59 Å². The van der Waals surface area contributed by atoms with Crippen LogP contribution in [0.15, 0.2) is 64.5 Å². The van der Waals surface area contributed by atoms with E-state index in [1.807, 2.05) is 59.0 Å². The molecule has 0 unspecified atom stereocenters. The SMILES string of the molecule is CCCCCn1c(=O)c2ccccc2n2c(SCC(=O)NCc3ccccc3)nnc12. The van der Waals surface area contributed by atoms with Crippen LogP contribution in [0.25, 0.3) is 16.7 Å². The summed E-state index contributed by atoms with van der Waals surface area (Å²) in [6, 6.07) is 17.3. The fourth-order valence-electron chi connectivity index (χ4n) is 3.53. The third-order valence-electron chi connectivity index (χ3n) is 5.13. The van der Waals surface area contributed by atoms with Crippen molar-refractivity contribution in [2.45, 2.75) is 44.4 Å². The van der Waals surface area contributed by atoms with Crippen molar-refractivity contribution >= 4 is 34.3 Å². The van der Waals surface area contributed by atoms with E-state index < -0.39 is 0 Å². The van der Waals surface area contributed by atoms with Gasteiger partial charge in [0.2, 0.25) is 11.7 Å². The number of rotatable bonds is 9. The summed E-state index contributed by atoms with van der Waals surface area (Å²) < 4.78 is 3.59. The second-order valence-corrected chi connectivity index (χ2v) is 8.29. The molecule has 4 aromatic rings. The number of benzene rings is 2. The van der Waals surface area contributed by atoms with Crippen molar-refractivity contribution in [3.05, 3.63) is 70.5 Å². The highest BCUT2D eigenvalue weighted by molar-refractivity contribution is 7.99. The second-order valence-electron chi connectivity index (χ2n) is 7.35. The number of para-hydroxylation sites is 1. The number of hydrogen-bond acceptors (Lipinski definition) is 5. The van der Waals surface area contributed by atoms with Crippen LogP contribution in [-0.4, -0.2) is 30.8 Å². The number of nitrogens with zero attached hydrogens (tertiary/aromatic N) is 4. The van der Waals surface area contributed by atoms with Gasteiger partial charge in [0.15, 0.2) is 5.16 Å². The Morgan fingerprint density at radius 1 is 1.03 bits per heavy atom. The normalized spacial score (nSPS) is 11.3. The summed E-state index contributed by atoms with van der Waals surface area (Å²) in [5.41, 5.74) is 1.76. The maximum atomic E-state index is 13.0. The Kier molecular flexibility index (Phi) is 6.66. The van der Waals surface area contributed by atoms with Gasteiger partial charge in [-0.15, -0.1) is 10.2 Å². The van der Waals surface area contributed by atoms with Gasteiger partial charge in [-0.3, -0.25) is 18.6 Å². The average Bonchev–Trinajstić information content (AvgIpc) is 3.23. The van der Waals surface area contributed by atoms with Gasteiger partial charge in [0.05, 0.1) is 16.7 Å². The highest BCUT2D eigenvalue weighted by Gasteiger charge is 2.17. The molecule has 7 nitrogen and oxygen atoms in total. The van der Waals surface area contributed by atoms with E-state index >= 15 is 0 Å². The summed E-state index contributed by atoms with van der Waals surface area (Å²) >= 11 is 1.32. The summed E-state index contributed by atoms with van der Waals surface area (Å²) in [6.07, 6.45) is 3.02. The van der Waals surface area contributed by atoms with Gasteiger partial charge < -0.3 is 5.32 Å². The Morgan fingerprint density at radius 3 is 2.61 bits per heavy atom. The summed E-state index contributed by atoms with van der Waals surface area (Å²) in [5, 5.41) is 12.8. The molecule has 0 spiro atoms. The molecule has 0 saturated carbocycles. The lowest BCUT2D eigenvalue weighted by Crippen LogP contribution is -2.25. The number of amides is 1. The average molecular weight is 436 g/mol. The largest absolute Gasteiger partial charge is 0.351 e. The van der Waals surface area contributed by atoms with E-state index in [2.05, 4.69) is 22.4 Å². The van der Waals surface area contributed by atoms with Crippen LogP contribution in [0.2, 0.25) is 0 Å². The van der Waals surface area contributed by atoms with E-state index in [1.54, 1.807) is 4.57 Å². The molecule has 4 rings (SSSR count). The van der Waals surface area contributed by atoms with Crippen LogP contribution < -0.4 is 10.9 Å². The minimum absolute atomic E-state index is 0.0521. The quantitative estimate of drug-likeness (QED) is 0.321. The highest BCUT2D eigenvalue weighted by Crippen LogP contribution is 2.21. The fraction of sp³-hybridized carbons (Fsp3) is 0.304. The standard InChI is InChI=1S/C23H25N5O2S/c1-2-3-9-14-27-21(30)18-12-7-8-13-19(18)28-22(27)25-26-23(28)31-16-20(29)24-15-17-10-5-4-6-11-17/h4-8,10-13H,2-3,9,14-16H2,1H3,(H,24,29). The van der Waals surface area contributed by atoms with Gasteiger partial charge >= 0.3 is 0 Å². The number of aromatic nitrogens is 4. The Balaban J connectivity index is 1.58. The number of unbranched alkanes of at least 4 members (excludes halogenated alkanes) is 2. The number of carbonyl (C=O) groups excluding carboxylic acids is 1. The van der Waals surface area contributed by atoms with E-state index in [0.29, 0.717) is 29.4 Å². The number of fused-ring (bicyclic) bond motifs is 3. The third kappa shape index (κ3) is 4.64. The molecule has 0 aliphatic carbocycles. The number of hydrogen-bond donors (Lipinski definition) is 1. The molecule has 160 valence electrons. The van der Waals surface area contributed by atoms with Crippen LogP contribution in [0.4, 0.5) is 0 Å². The van der Waals surface area contributed by atoms with Gasteiger partial charge in [0.25, 0.3) is 5.56 Å². The molecule has 1 amide bonds. The van der Waals surface area contributed by atoms with Gasteiger partial charge in [0, 0.05) is 13.1 Å². The summed E-state index contributed by atoms with van der Waals surface area (Å²) in [6.45, 7) is 3.22. The first-order chi connectivity index (χ1) is 15.2. The summed E-state index contributed by atoms with van der Waals surface area (Å²) in [5.74, 6) is 0.662. The van der Waals surface area contributed by atoms with Gasteiger partial charge in [0.1, 0.15) is 0 Å². The highest BCUT2D eigenvalue weighted by atomic mass is 32.2. The Hall–Kier alpha value is -3.13. The van der Waals surface area contributed by atoms with E-state index in [1.165, 1.54) is 11.8 Å². The van der Waals surface area contributed by atoms with Crippen LogP contribution in [0.1, 0.15) is 31.7 Å². The van der Waals surface area contributed by atoms with E-state index in [4.69, 9.17) is 0 Å². The van der Waals surface area contributed by atoms with Crippen LogP contribution in [-0.2, 0) is 17.9 Å². The lowest BCUT2D eigenvalue weighted by atomic mass is 10.2. The molecule has 0 aliphatic rings. The van der Waals surface area contributed by atoms with Crippen molar-refractivity contribution in [3.63, 3.8) is 0 Å².